The number of hydrogen-bond acceptors (Lipinski definition) is 4. The summed E-state index contributed by atoms with van der Waals surface area (Å²) in [5.74, 6) is 0.409. The van der Waals surface area contributed by atoms with Crippen molar-refractivity contribution >= 4 is 21.7 Å². The van der Waals surface area contributed by atoms with Gasteiger partial charge in [0.25, 0.3) is 0 Å². The minimum atomic E-state index is -3.52. The van der Waals surface area contributed by atoms with Gasteiger partial charge in [0, 0.05) is 24.8 Å². The van der Waals surface area contributed by atoms with Crippen LogP contribution < -0.4 is 10.5 Å². The number of aromatic nitrogens is 2. The Kier molecular flexibility index (Phi) is 3.56. The third kappa shape index (κ3) is 2.86. The summed E-state index contributed by atoms with van der Waals surface area (Å²) in [6, 6.07) is 8.70. The molecule has 0 bridgehead atoms. The van der Waals surface area contributed by atoms with Gasteiger partial charge in [-0.2, -0.15) is 17.8 Å². The monoisotopic (exact) mass is 307 g/mol. The number of nitrogen functional groups attached to an aromatic ring is 1. The SMILES string of the molecule is Nc1ccc(-n2nccc2NS(=O)(=O)N2CCCC2)cc1. The summed E-state index contributed by atoms with van der Waals surface area (Å²) >= 11 is 0. The van der Waals surface area contributed by atoms with E-state index in [4.69, 9.17) is 5.73 Å². The number of nitrogens with two attached hydrogens (primary N) is 1. The van der Waals surface area contributed by atoms with Crippen LogP contribution in [-0.4, -0.2) is 35.6 Å². The van der Waals surface area contributed by atoms with Gasteiger partial charge in [0.05, 0.1) is 11.9 Å². The van der Waals surface area contributed by atoms with Crippen molar-refractivity contribution in [1.82, 2.24) is 14.1 Å². The average Bonchev–Trinajstić information content (AvgIpc) is 3.10. The van der Waals surface area contributed by atoms with Crippen molar-refractivity contribution in [2.45, 2.75) is 12.8 Å². The molecule has 3 N–H and O–H groups in total. The number of anilines is 2. The van der Waals surface area contributed by atoms with Gasteiger partial charge in [-0.15, -0.1) is 0 Å². The van der Waals surface area contributed by atoms with Gasteiger partial charge in [-0.3, -0.25) is 4.72 Å². The summed E-state index contributed by atoms with van der Waals surface area (Å²) in [5, 5.41) is 4.16. The van der Waals surface area contributed by atoms with Crippen molar-refractivity contribution in [2.24, 2.45) is 0 Å². The molecule has 0 spiro atoms. The van der Waals surface area contributed by atoms with Gasteiger partial charge in [-0.05, 0) is 37.1 Å². The van der Waals surface area contributed by atoms with Crippen LogP contribution in [0.1, 0.15) is 12.8 Å². The summed E-state index contributed by atoms with van der Waals surface area (Å²) in [6.07, 6.45) is 3.36. The maximum absolute atomic E-state index is 12.3. The molecule has 0 aliphatic carbocycles. The lowest BCUT2D eigenvalue weighted by Crippen LogP contribution is -2.34. The Morgan fingerprint density at radius 1 is 1.10 bits per heavy atom. The van der Waals surface area contributed by atoms with Crippen molar-refractivity contribution in [3.8, 4) is 5.69 Å². The van der Waals surface area contributed by atoms with Gasteiger partial charge < -0.3 is 5.73 Å². The van der Waals surface area contributed by atoms with E-state index < -0.39 is 10.2 Å². The Labute approximate surface area is 123 Å². The van der Waals surface area contributed by atoms with Crippen molar-refractivity contribution in [3.05, 3.63) is 36.5 Å². The van der Waals surface area contributed by atoms with E-state index in [2.05, 4.69) is 9.82 Å². The number of benzene rings is 1. The molecular formula is C13H17N5O2S. The Hall–Kier alpha value is -2.06. The highest BCUT2D eigenvalue weighted by molar-refractivity contribution is 7.90. The van der Waals surface area contributed by atoms with Crippen molar-refractivity contribution < 1.29 is 8.42 Å². The summed E-state index contributed by atoms with van der Waals surface area (Å²) < 4.78 is 30.2. The van der Waals surface area contributed by atoms with E-state index >= 15 is 0 Å². The minimum Gasteiger partial charge on any atom is -0.399 e. The molecule has 1 aliphatic rings. The zero-order valence-corrected chi connectivity index (χ0v) is 12.3. The molecule has 0 atom stereocenters. The maximum atomic E-state index is 12.3. The fraction of sp³-hybridized carbons (Fsp3) is 0.308. The number of nitrogens with one attached hydrogen (secondary N) is 1. The van der Waals surface area contributed by atoms with Crippen molar-refractivity contribution in [1.29, 1.82) is 0 Å². The van der Waals surface area contributed by atoms with Crippen LogP contribution in [0.2, 0.25) is 0 Å². The number of rotatable bonds is 4. The molecule has 1 fully saturated rings. The molecule has 3 rings (SSSR count). The third-order valence-electron chi connectivity index (χ3n) is 3.42. The standard InChI is InChI=1S/C13H17N5O2S/c14-11-3-5-12(6-4-11)18-13(7-8-15-18)16-21(19,20)17-9-1-2-10-17/h3-8,16H,1-2,9-10,14H2. The predicted molar refractivity (Wildman–Crippen MR) is 81.3 cm³/mol. The minimum absolute atomic E-state index is 0.409. The molecule has 1 aromatic heterocycles. The molecular weight excluding hydrogens is 290 g/mol. The number of nitrogens with zero attached hydrogens (tertiary/aromatic N) is 3. The van der Waals surface area contributed by atoms with Crippen molar-refractivity contribution in [3.63, 3.8) is 0 Å². The molecule has 0 unspecified atom stereocenters. The summed E-state index contributed by atoms with van der Waals surface area (Å²) in [4.78, 5) is 0. The van der Waals surface area contributed by atoms with Crippen LogP contribution in [0.15, 0.2) is 36.5 Å². The molecule has 8 heteroatoms. The quantitative estimate of drug-likeness (QED) is 0.830. The Morgan fingerprint density at radius 2 is 1.76 bits per heavy atom. The van der Waals surface area contributed by atoms with E-state index in [1.54, 1.807) is 36.5 Å². The molecule has 2 heterocycles. The van der Waals surface area contributed by atoms with Crippen LogP contribution in [0, 0.1) is 0 Å². The zero-order valence-electron chi connectivity index (χ0n) is 11.4. The molecule has 1 saturated heterocycles. The fourth-order valence-electron chi connectivity index (χ4n) is 2.33. The highest BCUT2D eigenvalue weighted by Gasteiger charge is 2.26. The van der Waals surface area contributed by atoms with Gasteiger partial charge in [-0.1, -0.05) is 0 Å². The topological polar surface area (TPSA) is 93.2 Å². The molecule has 0 radical (unpaired) electrons. The molecule has 2 aromatic rings. The van der Waals surface area contributed by atoms with Gasteiger partial charge in [0.2, 0.25) is 0 Å². The molecule has 112 valence electrons. The van der Waals surface area contributed by atoms with Crippen LogP contribution in [0.25, 0.3) is 5.69 Å². The molecule has 7 nitrogen and oxygen atoms in total. The Bertz CT molecular complexity index is 717. The zero-order chi connectivity index (χ0) is 14.9. The van der Waals surface area contributed by atoms with Crippen LogP contribution in [-0.2, 0) is 10.2 Å². The summed E-state index contributed by atoms with van der Waals surface area (Å²) in [5.41, 5.74) is 7.04. The van der Waals surface area contributed by atoms with E-state index in [1.165, 1.54) is 8.99 Å². The lowest BCUT2D eigenvalue weighted by molar-refractivity contribution is 0.482. The second-order valence-corrected chi connectivity index (χ2v) is 6.60. The first-order chi connectivity index (χ1) is 10.1. The molecule has 0 saturated carbocycles. The second-order valence-electron chi connectivity index (χ2n) is 4.93. The van der Waals surface area contributed by atoms with Crippen LogP contribution >= 0.6 is 0 Å². The highest BCUT2D eigenvalue weighted by Crippen LogP contribution is 2.20. The first-order valence-electron chi connectivity index (χ1n) is 6.74. The van der Waals surface area contributed by atoms with Crippen LogP contribution in [0.3, 0.4) is 0 Å². The van der Waals surface area contributed by atoms with E-state index in [1.807, 2.05) is 0 Å². The Balaban J connectivity index is 1.87. The molecule has 1 aromatic carbocycles. The normalized spacial score (nSPS) is 16.2. The fourth-order valence-corrected chi connectivity index (χ4v) is 3.61. The lowest BCUT2D eigenvalue weighted by atomic mass is 10.3. The van der Waals surface area contributed by atoms with E-state index in [-0.39, 0.29) is 0 Å². The Morgan fingerprint density at radius 3 is 2.43 bits per heavy atom. The third-order valence-corrected chi connectivity index (χ3v) is 4.93. The largest absolute Gasteiger partial charge is 0.399 e. The molecule has 0 amide bonds. The van der Waals surface area contributed by atoms with Gasteiger partial charge in [0.1, 0.15) is 5.82 Å². The van der Waals surface area contributed by atoms with E-state index in [9.17, 15) is 8.42 Å². The van der Waals surface area contributed by atoms with E-state index in [0.717, 1.165) is 18.5 Å². The first kappa shape index (κ1) is 13.9. The maximum Gasteiger partial charge on any atom is 0.302 e. The highest BCUT2D eigenvalue weighted by atomic mass is 32.2. The summed E-state index contributed by atoms with van der Waals surface area (Å²) in [7, 11) is -3.52. The van der Waals surface area contributed by atoms with E-state index in [0.29, 0.717) is 24.6 Å². The predicted octanol–water partition coefficient (Wildman–Crippen LogP) is 1.21. The van der Waals surface area contributed by atoms with Crippen LogP contribution in [0.4, 0.5) is 11.5 Å². The lowest BCUT2D eigenvalue weighted by Gasteiger charge is -2.17. The van der Waals surface area contributed by atoms with Gasteiger partial charge in [0.15, 0.2) is 0 Å². The molecule has 21 heavy (non-hydrogen) atoms. The summed E-state index contributed by atoms with van der Waals surface area (Å²) in [6.45, 7) is 1.12. The molecule has 1 aliphatic heterocycles. The smallest absolute Gasteiger partial charge is 0.302 e. The van der Waals surface area contributed by atoms with Gasteiger partial charge in [-0.25, -0.2) is 4.68 Å². The van der Waals surface area contributed by atoms with Gasteiger partial charge >= 0.3 is 10.2 Å². The van der Waals surface area contributed by atoms with Crippen molar-refractivity contribution in [2.75, 3.05) is 23.5 Å². The number of hydrogen-bond donors (Lipinski definition) is 2. The second kappa shape index (κ2) is 5.38. The van der Waals surface area contributed by atoms with Crippen LogP contribution in [0.5, 0.6) is 0 Å². The average molecular weight is 307 g/mol. The first-order valence-corrected chi connectivity index (χ1v) is 8.18.